The summed E-state index contributed by atoms with van der Waals surface area (Å²) in [4.78, 5) is 33.2. The maximum Gasteiger partial charge on any atom is 0.352 e. The first-order chi connectivity index (χ1) is 9.50. The highest BCUT2D eigenvalue weighted by Gasteiger charge is 2.16. The Morgan fingerprint density at radius 3 is 2.55 bits per heavy atom. The molecule has 1 aromatic heterocycles. The first-order valence-electron chi connectivity index (χ1n) is 5.66. The lowest BCUT2D eigenvalue weighted by atomic mass is 10.1. The number of hydrogen-bond donors (Lipinski definition) is 1. The summed E-state index contributed by atoms with van der Waals surface area (Å²) in [7, 11) is 0. The molecular weight excluding hydrogens is 264 g/mol. The second kappa shape index (κ2) is 5.35. The number of hydrogen-bond acceptors (Lipinski definition) is 4. The maximum absolute atomic E-state index is 11.8. The van der Waals surface area contributed by atoms with Gasteiger partial charge in [-0.25, -0.2) is 4.79 Å². The molecule has 102 valence electrons. The fourth-order valence-corrected chi connectivity index (χ4v) is 1.86. The third-order valence-electron chi connectivity index (χ3n) is 2.79. The van der Waals surface area contributed by atoms with Crippen LogP contribution in [0.4, 0.5) is 5.69 Å². The zero-order valence-electron chi connectivity index (χ0n) is 10.2. The van der Waals surface area contributed by atoms with Crippen molar-refractivity contribution in [2.45, 2.75) is 6.54 Å². The Bertz CT molecular complexity index is 736. The van der Waals surface area contributed by atoms with Crippen LogP contribution in [-0.4, -0.2) is 20.6 Å². The molecule has 0 atom stereocenters. The number of aromatic nitrogens is 1. The lowest BCUT2D eigenvalue weighted by Gasteiger charge is -2.09. The Kier molecular flexibility index (Phi) is 3.60. The molecule has 20 heavy (non-hydrogen) atoms. The van der Waals surface area contributed by atoms with Crippen molar-refractivity contribution in [2.24, 2.45) is 0 Å². The highest BCUT2D eigenvalue weighted by molar-refractivity contribution is 5.85. The molecule has 1 heterocycles. The Morgan fingerprint density at radius 1 is 1.20 bits per heavy atom. The van der Waals surface area contributed by atoms with Gasteiger partial charge in [-0.2, -0.15) is 0 Å². The standard InChI is InChI=1S/C13H10N2O5/c16-12-7-3-6-11(13(17)18)14(12)8-9-4-1-2-5-10(9)15(19)20/h1-7H,8H2,(H,17,18). The van der Waals surface area contributed by atoms with Crippen LogP contribution >= 0.6 is 0 Å². The first-order valence-corrected chi connectivity index (χ1v) is 5.66. The molecule has 0 aliphatic heterocycles. The van der Waals surface area contributed by atoms with E-state index in [1.54, 1.807) is 6.07 Å². The van der Waals surface area contributed by atoms with Crippen LogP contribution in [0.1, 0.15) is 16.1 Å². The fraction of sp³-hybridized carbons (Fsp3) is 0.0769. The van der Waals surface area contributed by atoms with Crippen LogP contribution < -0.4 is 5.56 Å². The van der Waals surface area contributed by atoms with Gasteiger partial charge in [-0.1, -0.05) is 24.3 Å². The Hall–Kier alpha value is -2.96. The Labute approximate surface area is 112 Å². The molecule has 7 heteroatoms. The predicted molar refractivity (Wildman–Crippen MR) is 69.9 cm³/mol. The van der Waals surface area contributed by atoms with Gasteiger partial charge in [0.25, 0.3) is 11.2 Å². The second-order valence-electron chi connectivity index (χ2n) is 4.03. The smallest absolute Gasteiger partial charge is 0.352 e. The predicted octanol–water partition coefficient (Wildman–Crippen LogP) is 1.50. The molecule has 0 saturated heterocycles. The summed E-state index contributed by atoms with van der Waals surface area (Å²) in [5.74, 6) is -1.26. The lowest BCUT2D eigenvalue weighted by Crippen LogP contribution is -2.25. The number of benzene rings is 1. The van der Waals surface area contributed by atoms with E-state index < -0.39 is 16.5 Å². The minimum absolute atomic E-state index is 0.153. The normalized spacial score (nSPS) is 10.2. The third-order valence-corrected chi connectivity index (χ3v) is 2.79. The van der Waals surface area contributed by atoms with Crippen molar-refractivity contribution in [1.82, 2.24) is 4.57 Å². The molecule has 7 nitrogen and oxygen atoms in total. The highest BCUT2D eigenvalue weighted by atomic mass is 16.6. The molecule has 0 saturated carbocycles. The summed E-state index contributed by atoms with van der Waals surface area (Å²) < 4.78 is 0.991. The summed E-state index contributed by atoms with van der Waals surface area (Å²) in [6.07, 6.45) is 0. The summed E-state index contributed by atoms with van der Waals surface area (Å²) in [5.41, 5.74) is -0.619. The van der Waals surface area contributed by atoms with E-state index in [1.165, 1.54) is 36.4 Å². The van der Waals surface area contributed by atoms with Crippen LogP contribution in [0.5, 0.6) is 0 Å². The summed E-state index contributed by atoms with van der Waals surface area (Å²) in [6.45, 7) is -0.168. The van der Waals surface area contributed by atoms with E-state index >= 15 is 0 Å². The molecule has 0 fully saturated rings. The van der Waals surface area contributed by atoms with Crippen molar-refractivity contribution in [3.63, 3.8) is 0 Å². The van der Waals surface area contributed by atoms with Crippen molar-refractivity contribution < 1.29 is 14.8 Å². The number of carbonyl (C=O) groups is 1. The number of carboxylic acid groups (broad SMARTS) is 1. The van der Waals surface area contributed by atoms with Crippen molar-refractivity contribution in [1.29, 1.82) is 0 Å². The van der Waals surface area contributed by atoms with Gasteiger partial charge in [-0.3, -0.25) is 19.5 Å². The van der Waals surface area contributed by atoms with Gasteiger partial charge in [0, 0.05) is 17.7 Å². The fourth-order valence-electron chi connectivity index (χ4n) is 1.86. The molecule has 0 bridgehead atoms. The topological polar surface area (TPSA) is 102 Å². The van der Waals surface area contributed by atoms with E-state index in [4.69, 9.17) is 5.11 Å². The van der Waals surface area contributed by atoms with E-state index in [1.807, 2.05) is 0 Å². The maximum atomic E-state index is 11.8. The van der Waals surface area contributed by atoms with E-state index in [0.717, 1.165) is 4.57 Å². The van der Waals surface area contributed by atoms with Gasteiger partial charge in [0.2, 0.25) is 0 Å². The lowest BCUT2D eigenvalue weighted by molar-refractivity contribution is -0.385. The van der Waals surface area contributed by atoms with Gasteiger partial charge >= 0.3 is 5.97 Å². The zero-order valence-corrected chi connectivity index (χ0v) is 10.2. The first kappa shape index (κ1) is 13.5. The van der Waals surface area contributed by atoms with Gasteiger partial charge < -0.3 is 5.11 Å². The van der Waals surface area contributed by atoms with Crippen LogP contribution in [0.3, 0.4) is 0 Å². The van der Waals surface area contributed by atoms with Gasteiger partial charge in [-0.15, -0.1) is 0 Å². The van der Waals surface area contributed by atoms with Crippen LogP contribution in [0, 0.1) is 10.1 Å². The molecule has 1 aromatic carbocycles. The van der Waals surface area contributed by atoms with E-state index in [2.05, 4.69) is 0 Å². The van der Waals surface area contributed by atoms with Crippen molar-refractivity contribution in [2.75, 3.05) is 0 Å². The number of nitro groups is 1. The summed E-state index contributed by atoms with van der Waals surface area (Å²) >= 11 is 0. The number of rotatable bonds is 4. The van der Waals surface area contributed by atoms with Crippen LogP contribution in [-0.2, 0) is 6.54 Å². The minimum Gasteiger partial charge on any atom is -0.477 e. The van der Waals surface area contributed by atoms with E-state index in [0.29, 0.717) is 0 Å². The number of nitro benzene ring substituents is 1. The summed E-state index contributed by atoms with van der Waals surface area (Å²) in [5, 5.41) is 20.0. The van der Waals surface area contributed by atoms with E-state index in [9.17, 15) is 19.7 Å². The zero-order chi connectivity index (χ0) is 14.7. The molecule has 0 unspecified atom stereocenters. The van der Waals surface area contributed by atoms with Crippen molar-refractivity contribution in [3.05, 3.63) is 74.2 Å². The summed E-state index contributed by atoms with van der Waals surface area (Å²) in [6, 6.07) is 9.72. The number of para-hydroxylation sites is 1. The van der Waals surface area contributed by atoms with Gasteiger partial charge in [0.15, 0.2) is 0 Å². The molecule has 2 rings (SSSR count). The molecule has 2 aromatic rings. The second-order valence-corrected chi connectivity index (χ2v) is 4.03. The van der Waals surface area contributed by atoms with Crippen LogP contribution in [0.25, 0.3) is 0 Å². The van der Waals surface area contributed by atoms with Crippen LogP contribution in [0.15, 0.2) is 47.3 Å². The number of nitrogens with zero attached hydrogens (tertiary/aromatic N) is 2. The van der Waals surface area contributed by atoms with Gasteiger partial charge in [0.1, 0.15) is 5.69 Å². The molecule has 1 N–H and O–H groups in total. The average Bonchev–Trinajstić information content (AvgIpc) is 2.41. The Balaban J connectivity index is 2.54. The average molecular weight is 274 g/mol. The molecule has 0 spiro atoms. The SMILES string of the molecule is O=C(O)c1cccc(=O)n1Cc1ccccc1[N+](=O)[O-]. The van der Waals surface area contributed by atoms with Crippen molar-refractivity contribution >= 4 is 11.7 Å². The minimum atomic E-state index is -1.26. The van der Waals surface area contributed by atoms with E-state index in [-0.39, 0.29) is 23.5 Å². The monoisotopic (exact) mass is 274 g/mol. The third kappa shape index (κ3) is 2.56. The van der Waals surface area contributed by atoms with Crippen molar-refractivity contribution in [3.8, 4) is 0 Å². The number of aromatic carboxylic acids is 1. The molecular formula is C13H10N2O5. The number of pyridine rings is 1. The molecule has 0 amide bonds. The molecule has 0 aliphatic rings. The molecule has 0 radical (unpaired) electrons. The number of carboxylic acids is 1. The largest absolute Gasteiger partial charge is 0.477 e. The van der Waals surface area contributed by atoms with Crippen LogP contribution in [0.2, 0.25) is 0 Å². The molecule has 0 aliphatic carbocycles. The van der Waals surface area contributed by atoms with Gasteiger partial charge in [0.05, 0.1) is 11.5 Å². The quantitative estimate of drug-likeness (QED) is 0.672. The van der Waals surface area contributed by atoms with Gasteiger partial charge in [-0.05, 0) is 6.07 Å². The Morgan fingerprint density at radius 2 is 1.90 bits per heavy atom. The highest BCUT2D eigenvalue weighted by Crippen LogP contribution is 2.18.